The summed E-state index contributed by atoms with van der Waals surface area (Å²) in [5.41, 5.74) is 7.62. The topological polar surface area (TPSA) is 84.2 Å². The van der Waals surface area contributed by atoms with Crippen LogP contribution in [0.15, 0.2) is 24.3 Å². The lowest BCUT2D eigenvalue weighted by atomic mass is 9.95. The molecule has 1 fully saturated rings. The van der Waals surface area contributed by atoms with Crippen LogP contribution >= 0.6 is 12.4 Å². The Morgan fingerprint density at radius 3 is 2.78 bits per heavy atom. The van der Waals surface area contributed by atoms with Gasteiger partial charge in [-0.25, -0.2) is 0 Å². The van der Waals surface area contributed by atoms with Crippen molar-refractivity contribution in [2.45, 2.75) is 32.6 Å². The van der Waals surface area contributed by atoms with Crippen LogP contribution in [-0.2, 0) is 16.0 Å². The van der Waals surface area contributed by atoms with Crippen molar-refractivity contribution in [2.75, 3.05) is 18.4 Å². The Kier molecular flexibility index (Phi) is 8.06. The van der Waals surface area contributed by atoms with Crippen molar-refractivity contribution in [3.05, 3.63) is 29.8 Å². The SMILES string of the molecule is CCc1cccc(NC(=O)CNC(=O)[C@@H]2CCC[C@@H]2CN)c1.Cl. The molecule has 0 unspecified atom stereocenters. The Morgan fingerprint density at radius 2 is 2.09 bits per heavy atom. The number of anilines is 1. The van der Waals surface area contributed by atoms with Gasteiger partial charge in [0.2, 0.25) is 11.8 Å². The van der Waals surface area contributed by atoms with Crippen molar-refractivity contribution < 1.29 is 9.59 Å². The molecule has 1 saturated carbocycles. The number of nitrogens with two attached hydrogens (primary N) is 1. The summed E-state index contributed by atoms with van der Waals surface area (Å²) < 4.78 is 0. The summed E-state index contributed by atoms with van der Waals surface area (Å²) in [6.07, 6.45) is 3.83. The van der Waals surface area contributed by atoms with E-state index in [-0.39, 0.29) is 42.6 Å². The Morgan fingerprint density at radius 1 is 1.30 bits per heavy atom. The maximum Gasteiger partial charge on any atom is 0.243 e. The molecule has 1 aromatic carbocycles. The fourth-order valence-electron chi connectivity index (χ4n) is 3.04. The van der Waals surface area contributed by atoms with Crippen LogP contribution in [-0.4, -0.2) is 24.9 Å². The van der Waals surface area contributed by atoms with E-state index in [1.54, 1.807) is 0 Å². The number of amides is 2. The zero-order chi connectivity index (χ0) is 15.9. The highest BCUT2D eigenvalue weighted by Gasteiger charge is 2.31. The number of hydrogen-bond acceptors (Lipinski definition) is 3. The number of halogens is 1. The van der Waals surface area contributed by atoms with Gasteiger partial charge in [0.05, 0.1) is 6.54 Å². The number of carbonyl (C=O) groups is 2. The lowest BCUT2D eigenvalue weighted by Gasteiger charge is -2.17. The first-order valence-electron chi connectivity index (χ1n) is 8.00. The lowest BCUT2D eigenvalue weighted by molar-refractivity contribution is -0.128. The first kappa shape index (κ1) is 19.5. The summed E-state index contributed by atoms with van der Waals surface area (Å²) >= 11 is 0. The average Bonchev–Trinajstić information content (AvgIpc) is 3.01. The molecule has 2 amide bonds. The number of benzene rings is 1. The second-order valence-corrected chi connectivity index (χ2v) is 5.85. The quantitative estimate of drug-likeness (QED) is 0.742. The van der Waals surface area contributed by atoms with Crippen molar-refractivity contribution in [1.29, 1.82) is 0 Å². The van der Waals surface area contributed by atoms with Gasteiger partial charge in [-0.05, 0) is 49.4 Å². The highest BCUT2D eigenvalue weighted by atomic mass is 35.5. The standard InChI is InChI=1S/C17H25N3O2.ClH/c1-2-12-5-3-7-14(9-12)20-16(21)11-19-17(22)15-8-4-6-13(15)10-18;/h3,5,7,9,13,15H,2,4,6,8,10-11,18H2,1H3,(H,19,22)(H,20,21);1H/t13-,15-;/m1./s1. The molecule has 0 aliphatic heterocycles. The van der Waals surface area contributed by atoms with E-state index in [1.165, 1.54) is 5.56 Å². The third-order valence-electron chi connectivity index (χ3n) is 4.34. The molecular weight excluding hydrogens is 314 g/mol. The molecule has 0 bridgehead atoms. The fourth-order valence-corrected chi connectivity index (χ4v) is 3.04. The van der Waals surface area contributed by atoms with Crippen molar-refractivity contribution in [3.8, 4) is 0 Å². The molecule has 1 aliphatic rings. The van der Waals surface area contributed by atoms with E-state index in [1.807, 2.05) is 24.3 Å². The van der Waals surface area contributed by atoms with E-state index in [0.717, 1.165) is 31.4 Å². The van der Waals surface area contributed by atoms with Gasteiger partial charge < -0.3 is 16.4 Å². The molecule has 2 rings (SSSR count). The van der Waals surface area contributed by atoms with Gasteiger partial charge in [-0.3, -0.25) is 9.59 Å². The summed E-state index contributed by atoms with van der Waals surface area (Å²) in [6, 6.07) is 7.73. The second kappa shape index (κ2) is 9.53. The third-order valence-corrected chi connectivity index (χ3v) is 4.34. The number of carbonyl (C=O) groups excluding carboxylic acids is 2. The van der Waals surface area contributed by atoms with Gasteiger partial charge in [-0.15, -0.1) is 12.4 Å². The van der Waals surface area contributed by atoms with E-state index in [9.17, 15) is 9.59 Å². The Bertz CT molecular complexity index is 536. The zero-order valence-corrected chi connectivity index (χ0v) is 14.3. The molecule has 0 saturated heterocycles. The van der Waals surface area contributed by atoms with E-state index < -0.39 is 0 Å². The lowest BCUT2D eigenvalue weighted by Crippen LogP contribution is -2.39. The molecule has 128 valence electrons. The molecule has 5 nitrogen and oxygen atoms in total. The summed E-state index contributed by atoms with van der Waals surface area (Å²) in [4.78, 5) is 24.1. The normalized spacial score (nSPS) is 19.7. The second-order valence-electron chi connectivity index (χ2n) is 5.85. The predicted molar refractivity (Wildman–Crippen MR) is 94.6 cm³/mol. The van der Waals surface area contributed by atoms with Crippen LogP contribution in [0.3, 0.4) is 0 Å². The van der Waals surface area contributed by atoms with Crippen molar-refractivity contribution in [2.24, 2.45) is 17.6 Å². The summed E-state index contributed by atoms with van der Waals surface area (Å²) in [5.74, 6) is -0.0418. The number of aryl methyl sites for hydroxylation is 1. The van der Waals surface area contributed by atoms with Crippen LogP contribution < -0.4 is 16.4 Å². The van der Waals surface area contributed by atoms with Crippen LogP contribution in [0, 0.1) is 11.8 Å². The van der Waals surface area contributed by atoms with Gasteiger partial charge in [0.15, 0.2) is 0 Å². The summed E-state index contributed by atoms with van der Waals surface area (Å²) in [5, 5.41) is 5.54. The molecule has 4 N–H and O–H groups in total. The Labute approximate surface area is 143 Å². The first-order valence-corrected chi connectivity index (χ1v) is 8.00. The highest BCUT2D eigenvalue weighted by Crippen LogP contribution is 2.30. The number of nitrogens with one attached hydrogen (secondary N) is 2. The monoisotopic (exact) mass is 339 g/mol. The minimum Gasteiger partial charge on any atom is -0.347 e. The molecule has 6 heteroatoms. The summed E-state index contributed by atoms with van der Waals surface area (Å²) in [6.45, 7) is 2.60. The number of rotatable bonds is 6. The van der Waals surface area contributed by atoms with Crippen molar-refractivity contribution in [1.82, 2.24) is 5.32 Å². The van der Waals surface area contributed by atoms with Crippen LogP contribution in [0.4, 0.5) is 5.69 Å². The maximum atomic E-state index is 12.1. The van der Waals surface area contributed by atoms with E-state index in [0.29, 0.717) is 6.54 Å². The van der Waals surface area contributed by atoms with Crippen LogP contribution in [0.25, 0.3) is 0 Å². The van der Waals surface area contributed by atoms with E-state index in [4.69, 9.17) is 5.73 Å². The molecular formula is C17H26ClN3O2. The molecule has 1 aromatic rings. The van der Waals surface area contributed by atoms with Crippen LogP contribution in [0.2, 0.25) is 0 Å². The minimum atomic E-state index is -0.205. The van der Waals surface area contributed by atoms with Crippen LogP contribution in [0.5, 0.6) is 0 Å². The van der Waals surface area contributed by atoms with Gasteiger partial charge in [0.25, 0.3) is 0 Å². The van der Waals surface area contributed by atoms with Gasteiger partial charge in [-0.2, -0.15) is 0 Å². The van der Waals surface area contributed by atoms with Gasteiger partial charge in [0.1, 0.15) is 0 Å². The summed E-state index contributed by atoms with van der Waals surface area (Å²) in [7, 11) is 0. The third kappa shape index (κ3) is 5.52. The predicted octanol–water partition coefficient (Wildman–Crippen LogP) is 2.10. The minimum absolute atomic E-state index is 0. The van der Waals surface area contributed by atoms with Crippen LogP contribution in [0.1, 0.15) is 31.7 Å². The zero-order valence-electron chi connectivity index (χ0n) is 13.5. The smallest absolute Gasteiger partial charge is 0.243 e. The first-order chi connectivity index (χ1) is 10.6. The largest absolute Gasteiger partial charge is 0.347 e. The molecule has 0 heterocycles. The fraction of sp³-hybridized carbons (Fsp3) is 0.529. The maximum absolute atomic E-state index is 12.1. The van der Waals surface area contributed by atoms with E-state index >= 15 is 0 Å². The number of hydrogen-bond donors (Lipinski definition) is 3. The molecule has 23 heavy (non-hydrogen) atoms. The molecule has 2 atom stereocenters. The van der Waals surface area contributed by atoms with Gasteiger partial charge >= 0.3 is 0 Å². The van der Waals surface area contributed by atoms with Gasteiger partial charge in [0, 0.05) is 11.6 Å². The van der Waals surface area contributed by atoms with Crippen molar-refractivity contribution >= 4 is 29.9 Å². The average molecular weight is 340 g/mol. The Hall–Kier alpha value is -1.59. The Balaban J connectivity index is 0.00000264. The molecule has 0 spiro atoms. The molecule has 0 aromatic heterocycles. The molecule has 0 radical (unpaired) electrons. The van der Waals surface area contributed by atoms with Crippen molar-refractivity contribution in [3.63, 3.8) is 0 Å². The highest BCUT2D eigenvalue weighted by molar-refractivity contribution is 5.94. The van der Waals surface area contributed by atoms with E-state index in [2.05, 4.69) is 17.6 Å². The molecule has 1 aliphatic carbocycles. The van der Waals surface area contributed by atoms with Gasteiger partial charge in [-0.1, -0.05) is 25.5 Å².